The molecular weight excluding hydrogens is 310 g/mol. The van der Waals surface area contributed by atoms with Crippen LogP contribution in [-0.2, 0) is 10.0 Å². The van der Waals surface area contributed by atoms with Crippen molar-refractivity contribution in [3.05, 3.63) is 65.2 Å². The molecule has 4 nitrogen and oxygen atoms in total. The second kappa shape index (κ2) is 6.23. The maximum atomic E-state index is 13.1. The highest BCUT2D eigenvalue weighted by atomic mass is 32.2. The zero-order valence-corrected chi connectivity index (χ0v) is 12.8. The second-order valence-electron chi connectivity index (χ2n) is 4.73. The predicted octanol–water partition coefficient (Wildman–Crippen LogP) is 2.98. The summed E-state index contributed by atoms with van der Waals surface area (Å²) < 4.78 is 50.1. The molecule has 22 heavy (non-hydrogen) atoms. The lowest BCUT2D eigenvalue weighted by Gasteiger charge is -2.06. The van der Waals surface area contributed by atoms with Crippen LogP contribution in [0.5, 0.6) is 0 Å². The normalized spacial score (nSPS) is 12.3. The van der Waals surface area contributed by atoms with E-state index in [4.69, 9.17) is 0 Å². The number of sulfonamides is 1. The van der Waals surface area contributed by atoms with Gasteiger partial charge in [0, 0.05) is 5.56 Å². The number of nitrogens with zero attached hydrogens (tertiary/aromatic N) is 1. The molecule has 0 aliphatic carbocycles. The van der Waals surface area contributed by atoms with Gasteiger partial charge in [0.15, 0.2) is 11.6 Å². The minimum atomic E-state index is -3.80. The Balaban J connectivity index is 2.22. The van der Waals surface area contributed by atoms with E-state index in [1.165, 1.54) is 25.1 Å². The van der Waals surface area contributed by atoms with Crippen molar-refractivity contribution in [3.8, 4) is 0 Å². The molecule has 0 unspecified atom stereocenters. The number of hydrogen-bond donors (Lipinski definition) is 1. The fourth-order valence-corrected chi connectivity index (χ4v) is 2.54. The third-order valence-corrected chi connectivity index (χ3v) is 4.23. The molecule has 0 bridgehead atoms. The molecular formula is C15H14F2N2O2S. The van der Waals surface area contributed by atoms with Crippen LogP contribution in [0.2, 0.25) is 0 Å². The highest BCUT2D eigenvalue weighted by Crippen LogP contribution is 2.12. The smallest absolute Gasteiger partial charge is 0.204 e. The highest BCUT2D eigenvalue weighted by Gasteiger charge is 2.13. The lowest BCUT2D eigenvalue weighted by molar-refractivity contribution is 0.508. The van der Waals surface area contributed by atoms with Gasteiger partial charge in [-0.1, -0.05) is 17.7 Å². The number of hydrogen-bond acceptors (Lipinski definition) is 3. The number of nitrogens with one attached hydrogen (secondary N) is 1. The Labute approximate surface area is 127 Å². The van der Waals surface area contributed by atoms with E-state index < -0.39 is 21.7 Å². The van der Waals surface area contributed by atoms with Gasteiger partial charge in [0.1, 0.15) is 0 Å². The van der Waals surface area contributed by atoms with Crippen LogP contribution in [0.3, 0.4) is 0 Å². The second-order valence-corrected chi connectivity index (χ2v) is 6.39. The van der Waals surface area contributed by atoms with Gasteiger partial charge in [0.2, 0.25) is 0 Å². The lowest BCUT2D eigenvalue weighted by atomic mass is 10.1. The summed E-state index contributed by atoms with van der Waals surface area (Å²) in [6, 6.07) is 9.48. The van der Waals surface area contributed by atoms with E-state index in [2.05, 4.69) is 9.93 Å². The Hall–Kier alpha value is -2.28. The van der Waals surface area contributed by atoms with E-state index >= 15 is 0 Å². The molecule has 116 valence electrons. The zero-order valence-electron chi connectivity index (χ0n) is 12.0. The first-order chi connectivity index (χ1) is 10.3. The Bertz CT molecular complexity index is 816. The van der Waals surface area contributed by atoms with Crippen LogP contribution >= 0.6 is 0 Å². The first kappa shape index (κ1) is 16.1. The van der Waals surface area contributed by atoms with Crippen molar-refractivity contribution in [2.45, 2.75) is 18.7 Å². The van der Waals surface area contributed by atoms with Crippen LogP contribution in [-0.4, -0.2) is 14.1 Å². The molecule has 0 saturated carbocycles. The summed E-state index contributed by atoms with van der Waals surface area (Å²) in [6.45, 7) is 3.33. The fourth-order valence-electron chi connectivity index (χ4n) is 1.68. The standard InChI is InChI=1S/C15H14F2N2O2S/c1-10-3-6-13(7-4-10)22(20,21)19-18-11(2)12-5-8-14(16)15(17)9-12/h3-9,19H,1-2H3/b18-11-. The molecule has 2 aromatic rings. The van der Waals surface area contributed by atoms with E-state index in [9.17, 15) is 17.2 Å². The fraction of sp³-hybridized carbons (Fsp3) is 0.133. The Morgan fingerprint density at radius 3 is 2.27 bits per heavy atom. The molecule has 7 heteroatoms. The maximum absolute atomic E-state index is 13.1. The van der Waals surface area contributed by atoms with E-state index in [0.29, 0.717) is 0 Å². The largest absolute Gasteiger partial charge is 0.276 e. The first-order valence-electron chi connectivity index (χ1n) is 6.38. The van der Waals surface area contributed by atoms with Crippen molar-refractivity contribution in [2.75, 3.05) is 0 Å². The Morgan fingerprint density at radius 1 is 1.05 bits per heavy atom. The van der Waals surface area contributed by atoms with Gasteiger partial charge >= 0.3 is 0 Å². The molecule has 0 heterocycles. The van der Waals surface area contributed by atoms with Crippen LogP contribution in [0.1, 0.15) is 18.1 Å². The van der Waals surface area contributed by atoms with Crippen LogP contribution in [0, 0.1) is 18.6 Å². The van der Waals surface area contributed by atoms with Crippen LogP contribution in [0.4, 0.5) is 8.78 Å². The summed E-state index contributed by atoms with van der Waals surface area (Å²) in [6.07, 6.45) is 0. The van der Waals surface area contributed by atoms with Crippen molar-refractivity contribution < 1.29 is 17.2 Å². The van der Waals surface area contributed by atoms with Crippen molar-refractivity contribution in [2.24, 2.45) is 5.10 Å². The molecule has 0 atom stereocenters. The number of rotatable bonds is 4. The SMILES string of the molecule is C/C(=N/NS(=O)(=O)c1ccc(C)cc1)c1ccc(F)c(F)c1. The molecule has 2 rings (SSSR count). The molecule has 0 saturated heterocycles. The van der Waals surface area contributed by atoms with E-state index in [1.54, 1.807) is 12.1 Å². The first-order valence-corrected chi connectivity index (χ1v) is 7.86. The van der Waals surface area contributed by atoms with Gasteiger partial charge in [0.05, 0.1) is 10.6 Å². The molecule has 0 aromatic heterocycles. The average molecular weight is 324 g/mol. The highest BCUT2D eigenvalue weighted by molar-refractivity contribution is 7.89. The monoisotopic (exact) mass is 324 g/mol. The topological polar surface area (TPSA) is 58.5 Å². The molecule has 0 radical (unpaired) electrons. The summed E-state index contributed by atoms with van der Waals surface area (Å²) in [4.78, 5) is 2.14. The summed E-state index contributed by atoms with van der Waals surface area (Å²) in [5, 5.41) is 3.73. The summed E-state index contributed by atoms with van der Waals surface area (Å²) in [5.41, 5.74) is 1.43. The minimum Gasteiger partial charge on any atom is -0.204 e. The average Bonchev–Trinajstić information content (AvgIpc) is 2.48. The Morgan fingerprint density at radius 2 is 1.68 bits per heavy atom. The van der Waals surface area contributed by atoms with E-state index in [-0.39, 0.29) is 16.2 Å². The van der Waals surface area contributed by atoms with Crippen molar-refractivity contribution in [1.29, 1.82) is 0 Å². The van der Waals surface area contributed by atoms with Gasteiger partial charge in [-0.3, -0.25) is 0 Å². The van der Waals surface area contributed by atoms with Gasteiger partial charge in [-0.05, 0) is 44.2 Å². The van der Waals surface area contributed by atoms with E-state index in [0.717, 1.165) is 17.7 Å². The van der Waals surface area contributed by atoms with Gasteiger partial charge in [0.25, 0.3) is 10.0 Å². The molecule has 0 fully saturated rings. The third-order valence-electron chi connectivity index (χ3n) is 3.00. The third kappa shape index (κ3) is 3.67. The van der Waals surface area contributed by atoms with Crippen LogP contribution in [0.15, 0.2) is 52.5 Å². The number of aryl methyl sites for hydroxylation is 1. The summed E-state index contributed by atoms with van der Waals surface area (Å²) in [7, 11) is -3.80. The van der Waals surface area contributed by atoms with Gasteiger partial charge < -0.3 is 0 Å². The van der Waals surface area contributed by atoms with Crippen molar-refractivity contribution in [3.63, 3.8) is 0 Å². The summed E-state index contributed by atoms with van der Waals surface area (Å²) in [5.74, 6) is -2.00. The van der Waals surface area contributed by atoms with Crippen molar-refractivity contribution >= 4 is 15.7 Å². The quantitative estimate of drug-likeness (QED) is 0.694. The molecule has 0 aliphatic rings. The van der Waals surface area contributed by atoms with Gasteiger partial charge in [-0.15, -0.1) is 0 Å². The molecule has 1 N–H and O–H groups in total. The molecule has 0 amide bonds. The lowest BCUT2D eigenvalue weighted by Crippen LogP contribution is -2.20. The minimum absolute atomic E-state index is 0.0694. The van der Waals surface area contributed by atoms with Crippen LogP contribution < -0.4 is 4.83 Å². The molecule has 2 aromatic carbocycles. The molecule has 0 aliphatic heterocycles. The number of benzene rings is 2. The van der Waals surface area contributed by atoms with Crippen molar-refractivity contribution in [1.82, 2.24) is 4.83 Å². The molecule has 0 spiro atoms. The number of hydrazone groups is 1. The zero-order chi connectivity index (χ0) is 16.3. The number of halogens is 2. The predicted molar refractivity (Wildman–Crippen MR) is 80.1 cm³/mol. The van der Waals surface area contributed by atoms with Gasteiger partial charge in [-0.2, -0.15) is 18.4 Å². The van der Waals surface area contributed by atoms with Gasteiger partial charge in [-0.25, -0.2) is 8.78 Å². The Kier molecular flexibility index (Phi) is 4.56. The van der Waals surface area contributed by atoms with Crippen LogP contribution in [0.25, 0.3) is 0 Å². The maximum Gasteiger partial charge on any atom is 0.276 e. The van der Waals surface area contributed by atoms with E-state index in [1.807, 2.05) is 6.92 Å². The summed E-state index contributed by atoms with van der Waals surface area (Å²) >= 11 is 0.